The van der Waals surface area contributed by atoms with Gasteiger partial charge in [-0.3, -0.25) is 4.79 Å². The Morgan fingerprint density at radius 1 is 1.16 bits per heavy atom. The molecule has 1 saturated carbocycles. The van der Waals surface area contributed by atoms with E-state index in [1.165, 1.54) is 19.2 Å². The maximum absolute atomic E-state index is 15.4. The summed E-state index contributed by atoms with van der Waals surface area (Å²) in [6, 6.07) is 11.1. The number of aliphatic imine (C=N–C) groups is 1. The lowest BCUT2D eigenvalue weighted by Crippen LogP contribution is -2.59. The molecule has 0 spiro atoms. The van der Waals surface area contributed by atoms with Crippen molar-refractivity contribution in [1.29, 1.82) is 0 Å². The van der Waals surface area contributed by atoms with Crippen molar-refractivity contribution in [2.24, 2.45) is 16.8 Å². The molecule has 1 heterocycles. The molecule has 2 amide bonds. The third-order valence-corrected chi connectivity index (χ3v) is 11.3. The Labute approximate surface area is 264 Å². The van der Waals surface area contributed by atoms with Gasteiger partial charge in [0, 0.05) is 53.1 Å². The summed E-state index contributed by atoms with van der Waals surface area (Å²) >= 11 is 6.13. The van der Waals surface area contributed by atoms with Crippen molar-refractivity contribution < 1.29 is 27.1 Å². The van der Waals surface area contributed by atoms with E-state index in [-0.39, 0.29) is 46.6 Å². The highest BCUT2D eigenvalue weighted by molar-refractivity contribution is 7.90. The van der Waals surface area contributed by atoms with E-state index in [1.54, 1.807) is 29.4 Å². The third-order valence-electron chi connectivity index (χ3n) is 8.46. The number of halogens is 2. The number of nitrogens with zero attached hydrogens (tertiary/aromatic N) is 2. The molecule has 4 atom stereocenters. The van der Waals surface area contributed by atoms with Crippen LogP contribution >= 0.6 is 11.6 Å². The number of rotatable bonds is 11. The van der Waals surface area contributed by atoms with Crippen molar-refractivity contribution in [3.63, 3.8) is 0 Å². The lowest BCUT2D eigenvalue weighted by molar-refractivity contribution is -0.118. The molecule has 4 unspecified atom stereocenters. The molecule has 44 heavy (non-hydrogen) atoms. The fraction of sp³-hybridized carbons (Fsp3) is 0.531. The largest absolute Gasteiger partial charge is 0.451 e. The Morgan fingerprint density at radius 2 is 1.84 bits per heavy atom. The van der Waals surface area contributed by atoms with Crippen LogP contribution in [0.3, 0.4) is 0 Å². The van der Waals surface area contributed by atoms with Crippen LogP contribution in [0, 0.1) is 17.7 Å². The predicted octanol–water partition coefficient (Wildman–Crippen LogP) is 5.79. The number of carbonyl (C=O) groups is 2. The van der Waals surface area contributed by atoms with Gasteiger partial charge in [-0.1, -0.05) is 43.6 Å². The number of anilines is 1. The van der Waals surface area contributed by atoms with Crippen molar-refractivity contribution in [2.45, 2.75) is 76.6 Å². The monoisotopic (exact) mass is 648 g/mol. The molecule has 0 radical (unpaired) electrons. The van der Waals surface area contributed by atoms with Crippen LogP contribution in [0.15, 0.2) is 47.5 Å². The summed E-state index contributed by atoms with van der Waals surface area (Å²) in [6.07, 6.45) is 1.10. The second kappa shape index (κ2) is 14.5. The van der Waals surface area contributed by atoms with Crippen molar-refractivity contribution in [3.05, 3.63) is 64.4 Å². The van der Waals surface area contributed by atoms with Crippen LogP contribution in [0.5, 0.6) is 0 Å². The number of amides is 2. The van der Waals surface area contributed by atoms with Gasteiger partial charge in [0.15, 0.2) is 0 Å². The standard InChI is InChI=1S/C32H42ClFN4O5S/c1-19(2)29(22-9-11-23(33)12-10-22)30(21(4)36-32(40)43-5)31(39)37-28-8-6-7-27(34)26(28)16-13-24-18-35-17-20(3)38(24)44(41,42)25-14-15-25/h6-12,19-20,24-25,29-30,35H,13-18H2,1-5H3,(H,37,39). The first kappa shape index (κ1) is 34.0. The predicted molar refractivity (Wildman–Crippen MR) is 171 cm³/mol. The SMILES string of the molecule is COC(=O)N=C(C)C(C(=O)Nc1cccc(F)c1CCC1CNCC(C)N1S(=O)(=O)C1CC1)C(c1ccc(Cl)cc1)C(C)C. The average molecular weight is 649 g/mol. The zero-order chi connectivity index (χ0) is 32.2. The van der Waals surface area contributed by atoms with E-state index in [0.717, 1.165) is 5.56 Å². The van der Waals surface area contributed by atoms with Gasteiger partial charge in [0.05, 0.1) is 18.3 Å². The first-order chi connectivity index (χ1) is 20.8. The number of piperazine rings is 1. The molecule has 2 fully saturated rings. The van der Waals surface area contributed by atoms with E-state index in [0.29, 0.717) is 37.4 Å². The molecule has 0 aromatic heterocycles. The molecule has 4 rings (SSSR count). The molecule has 12 heteroatoms. The summed E-state index contributed by atoms with van der Waals surface area (Å²) in [4.78, 5) is 30.2. The Morgan fingerprint density at radius 3 is 2.45 bits per heavy atom. The normalized spacial score (nSPS) is 21.1. The first-order valence-corrected chi connectivity index (χ1v) is 16.9. The molecule has 2 aliphatic rings. The van der Waals surface area contributed by atoms with Gasteiger partial charge < -0.3 is 15.4 Å². The Balaban J connectivity index is 1.63. The fourth-order valence-electron chi connectivity index (χ4n) is 6.19. The van der Waals surface area contributed by atoms with Gasteiger partial charge in [0.2, 0.25) is 15.9 Å². The molecule has 0 bridgehead atoms. The van der Waals surface area contributed by atoms with Crippen LogP contribution < -0.4 is 10.6 Å². The maximum Gasteiger partial charge on any atom is 0.433 e. The second-order valence-corrected chi connectivity index (χ2v) is 14.6. The summed E-state index contributed by atoms with van der Waals surface area (Å²) in [5.74, 6) is -2.29. The number of benzene rings is 2. The van der Waals surface area contributed by atoms with E-state index in [4.69, 9.17) is 16.3 Å². The molecule has 1 aliphatic heterocycles. The quantitative estimate of drug-likeness (QED) is 0.298. The first-order valence-electron chi connectivity index (χ1n) is 15.0. The maximum atomic E-state index is 15.4. The number of carbonyl (C=O) groups excluding carboxylic acids is 2. The van der Waals surface area contributed by atoms with Gasteiger partial charge >= 0.3 is 6.09 Å². The summed E-state index contributed by atoms with van der Waals surface area (Å²) in [5, 5.41) is 6.44. The van der Waals surface area contributed by atoms with Crippen LogP contribution in [-0.2, 0) is 26.0 Å². The minimum absolute atomic E-state index is 0.0538. The third kappa shape index (κ3) is 7.85. The van der Waals surface area contributed by atoms with Gasteiger partial charge in [0.25, 0.3) is 0 Å². The number of methoxy groups -OCH3 is 1. The summed E-state index contributed by atoms with van der Waals surface area (Å²) in [6.45, 7) is 8.46. The van der Waals surface area contributed by atoms with Crippen molar-refractivity contribution in [3.8, 4) is 0 Å². The Bertz CT molecular complexity index is 1480. The average Bonchev–Trinajstić information content (AvgIpc) is 3.82. The molecule has 1 aliphatic carbocycles. The van der Waals surface area contributed by atoms with Crippen molar-refractivity contribution in [1.82, 2.24) is 9.62 Å². The van der Waals surface area contributed by atoms with E-state index in [2.05, 4.69) is 15.6 Å². The molecule has 240 valence electrons. The second-order valence-electron chi connectivity index (χ2n) is 12.1. The lowest BCUT2D eigenvalue weighted by Gasteiger charge is -2.40. The van der Waals surface area contributed by atoms with Crippen LogP contribution in [0.4, 0.5) is 14.9 Å². The van der Waals surface area contributed by atoms with Gasteiger partial charge in [0.1, 0.15) is 5.82 Å². The van der Waals surface area contributed by atoms with E-state index < -0.39 is 39.7 Å². The van der Waals surface area contributed by atoms with Gasteiger partial charge in [-0.05, 0) is 75.3 Å². The minimum Gasteiger partial charge on any atom is -0.451 e. The number of sulfonamides is 1. The molecule has 9 nitrogen and oxygen atoms in total. The summed E-state index contributed by atoms with van der Waals surface area (Å²) < 4.78 is 48.3. The van der Waals surface area contributed by atoms with Gasteiger partial charge in [-0.25, -0.2) is 17.6 Å². The zero-order valence-corrected chi connectivity index (χ0v) is 27.4. The molecular weight excluding hydrogens is 607 g/mol. The van der Waals surface area contributed by atoms with Crippen LogP contribution in [0.1, 0.15) is 64.0 Å². The molecular formula is C32H42ClFN4O5S. The highest BCUT2D eigenvalue weighted by Crippen LogP contribution is 2.37. The lowest BCUT2D eigenvalue weighted by atomic mass is 9.75. The minimum atomic E-state index is -3.44. The molecule has 2 aromatic carbocycles. The Kier molecular flexibility index (Phi) is 11.2. The van der Waals surface area contributed by atoms with E-state index >= 15 is 4.39 Å². The molecule has 1 saturated heterocycles. The highest BCUT2D eigenvalue weighted by Gasteiger charge is 2.45. The summed E-state index contributed by atoms with van der Waals surface area (Å²) in [5.41, 5.74) is 1.66. The topological polar surface area (TPSA) is 117 Å². The van der Waals surface area contributed by atoms with Crippen molar-refractivity contribution in [2.75, 3.05) is 25.5 Å². The van der Waals surface area contributed by atoms with Crippen LogP contribution in [0.2, 0.25) is 5.02 Å². The fourth-order valence-corrected chi connectivity index (χ4v) is 8.57. The van der Waals surface area contributed by atoms with Gasteiger partial charge in [-0.2, -0.15) is 9.30 Å². The van der Waals surface area contributed by atoms with E-state index in [1.807, 2.05) is 32.9 Å². The van der Waals surface area contributed by atoms with Gasteiger partial charge in [-0.15, -0.1) is 0 Å². The Hall–Kier alpha value is -2.86. The highest BCUT2D eigenvalue weighted by atomic mass is 35.5. The van der Waals surface area contributed by atoms with Crippen LogP contribution in [0.25, 0.3) is 0 Å². The number of hydrogen-bond acceptors (Lipinski definition) is 6. The smallest absolute Gasteiger partial charge is 0.433 e. The van der Waals surface area contributed by atoms with Crippen molar-refractivity contribution >= 4 is 45.0 Å². The zero-order valence-electron chi connectivity index (χ0n) is 25.8. The number of hydrogen-bond donors (Lipinski definition) is 2. The molecule has 2 aromatic rings. The van der Waals surface area contributed by atoms with Crippen LogP contribution in [-0.4, -0.2) is 68.0 Å². The number of ether oxygens (including phenoxy) is 1. The summed E-state index contributed by atoms with van der Waals surface area (Å²) in [7, 11) is -2.23. The van der Waals surface area contributed by atoms with E-state index in [9.17, 15) is 18.0 Å². The number of nitrogens with one attached hydrogen (secondary N) is 2. The molecule has 2 N–H and O–H groups in total.